The molecule has 2 unspecified atom stereocenters. The van der Waals surface area contributed by atoms with E-state index in [-0.39, 0.29) is 40.7 Å². The molecule has 0 saturated heterocycles. The number of nitrogens with zero attached hydrogens (tertiary/aromatic N) is 1. The number of nitriles is 1. The molecule has 4 nitrogen and oxygen atoms in total. The van der Waals surface area contributed by atoms with Crippen LogP contribution in [0.15, 0.2) is 35.5 Å². The summed E-state index contributed by atoms with van der Waals surface area (Å²) in [7, 11) is 0. The average Bonchev–Trinajstić information content (AvgIpc) is 2.62. The van der Waals surface area contributed by atoms with Crippen LogP contribution in [-0.4, -0.2) is 17.3 Å². The number of Topliss-reactive ketones (excluding diaryl/α,β-unsaturated/α-hetero) is 2. The van der Waals surface area contributed by atoms with Gasteiger partial charge < -0.3 is 0 Å². The van der Waals surface area contributed by atoms with E-state index in [4.69, 9.17) is 5.26 Å². The molecule has 0 fully saturated rings. The number of carbonyl (C=O) groups is 3. The number of ketones is 3. The molecule has 0 bridgehead atoms. The molecule has 142 valence electrons. The van der Waals surface area contributed by atoms with Crippen molar-refractivity contribution in [3.8, 4) is 6.07 Å². The first-order valence-corrected chi connectivity index (χ1v) is 9.21. The number of rotatable bonds is 11. The highest BCUT2D eigenvalue weighted by molar-refractivity contribution is 6.00. The molecule has 26 heavy (non-hydrogen) atoms. The second-order valence-corrected chi connectivity index (χ2v) is 6.88. The van der Waals surface area contributed by atoms with Crippen LogP contribution < -0.4 is 0 Å². The van der Waals surface area contributed by atoms with Gasteiger partial charge in [-0.2, -0.15) is 5.26 Å². The Bertz CT molecular complexity index is 645. The zero-order valence-corrected chi connectivity index (χ0v) is 16.8. The third kappa shape index (κ3) is 7.74. The van der Waals surface area contributed by atoms with Crippen LogP contribution in [0, 0.1) is 29.1 Å². The SMILES string of the molecule is C/C=C/C(=O)C(C)C/C=C(\C)C(=O)C(CC)C/C=C(\C#N)C(=O)C(C)C. The summed E-state index contributed by atoms with van der Waals surface area (Å²) in [5, 5.41) is 9.15. The van der Waals surface area contributed by atoms with Gasteiger partial charge in [0.2, 0.25) is 0 Å². The number of hydrogen-bond acceptors (Lipinski definition) is 4. The lowest BCUT2D eigenvalue weighted by Crippen LogP contribution is -2.16. The minimum Gasteiger partial charge on any atom is -0.295 e. The van der Waals surface area contributed by atoms with Gasteiger partial charge in [0.15, 0.2) is 17.3 Å². The summed E-state index contributed by atoms with van der Waals surface area (Å²) < 4.78 is 0. The highest BCUT2D eigenvalue weighted by atomic mass is 16.1. The molecule has 0 N–H and O–H groups in total. The highest BCUT2D eigenvalue weighted by Gasteiger charge is 2.19. The van der Waals surface area contributed by atoms with Crippen molar-refractivity contribution in [2.45, 2.75) is 60.8 Å². The predicted octanol–water partition coefficient (Wildman–Crippen LogP) is 4.76. The average molecular weight is 357 g/mol. The second kappa shape index (κ2) is 12.1. The van der Waals surface area contributed by atoms with Crippen LogP contribution in [-0.2, 0) is 14.4 Å². The van der Waals surface area contributed by atoms with Crippen molar-refractivity contribution in [2.75, 3.05) is 0 Å². The molecule has 0 aliphatic rings. The molecule has 0 aliphatic carbocycles. The molecule has 0 heterocycles. The monoisotopic (exact) mass is 357 g/mol. The maximum atomic E-state index is 12.6. The largest absolute Gasteiger partial charge is 0.295 e. The topological polar surface area (TPSA) is 75.0 Å². The van der Waals surface area contributed by atoms with Gasteiger partial charge in [0.1, 0.15) is 6.07 Å². The normalized spacial score (nSPS) is 15.0. The molecule has 0 aromatic rings. The maximum Gasteiger partial charge on any atom is 0.175 e. The molecule has 0 saturated carbocycles. The Morgan fingerprint density at radius 2 is 1.65 bits per heavy atom. The first-order valence-electron chi connectivity index (χ1n) is 9.21. The van der Waals surface area contributed by atoms with Crippen LogP contribution >= 0.6 is 0 Å². The molecule has 0 aromatic carbocycles. The van der Waals surface area contributed by atoms with Gasteiger partial charge >= 0.3 is 0 Å². The van der Waals surface area contributed by atoms with Gasteiger partial charge in [-0.15, -0.1) is 0 Å². The summed E-state index contributed by atoms with van der Waals surface area (Å²) in [4.78, 5) is 36.3. The van der Waals surface area contributed by atoms with E-state index in [1.807, 2.05) is 26.0 Å². The minimum absolute atomic E-state index is 0.00344. The lowest BCUT2D eigenvalue weighted by Gasteiger charge is -2.13. The summed E-state index contributed by atoms with van der Waals surface area (Å²) in [6, 6.07) is 1.94. The molecule has 0 aromatic heterocycles. The van der Waals surface area contributed by atoms with Gasteiger partial charge in [0.05, 0.1) is 5.57 Å². The second-order valence-electron chi connectivity index (χ2n) is 6.88. The third-order valence-electron chi connectivity index (χ3n) is 4.36. The Balaban J connectivity index is 5.07. The van der Waals surface area contributed by atoms with E-state index in [9.17, 15) is 14.4 Å². The molecule has 0 amide bonds. The van der Waals surface area contributed by atoms with Crippen LogP contribution in [0.3, 0.4) is 0 Å². The van der Waals surface area contributed by atoms with E-state index in [1.165, 1.54) is 0 Å². The van der Waals surface area contributed by atoms with Gasteiger partial charge in [0, 0.05) is 17.8 Å². The first-order chi connectivity index (χ1) is 12.2. The zero-order valence-electron chi connectivity index (χ0n) is 16.8. The van der Waals surface area contributed by atoms with Crippen molar-refractivity contribution >= 4 is 17.3 Å². The molecular formula is C22H31NO3. The van der Waals surface area contributed by atoms with E-state index >= 15 is 0 Å². The molecule has 4 heteroatoms. The van der Waals surface area contributed by atoms with E-state index < -0.39 is 0 Å². The van der Waals surface area contributed by atoms with Crippen LogP contribution in [0.2, 0.25) is 0 Å². The molecule has 0 rings (SSSR count). The first kappa shape index (κ1) is 23.7. The lowest BCUT2D eigenvalue weighted by molar-refractivity contribution is -0.120. The Morgan fingerprint density at radius 1 is 1.04 bits per heavy atom. The molecule has 2 atom stereocenters. The van der Waals surface area contributed by atoms with Crippen LogP contribution in [0.1, 0.15) is 60.8 Å². The summed E-state index contributed by atoms with van der Waals surface area (Å²) in [5.41, 5.74) is 0.748. The molecule has 0 aliphatic heterocycles. The molecular weight excluding hydrogens is 326 g/mol. The van der Waals surface area contributed by atoms with E-state index in [0.29, 0.717) is 24.8 Å². The van der Waals surface area contributed by atoms with Gasteiger partial charge in [0.25, 0.3) is 0 Å². The lowest BCUT2D eigenvalue weighted by atomic mass is 9.89. The Morgan fingerprint density at radius 3 is 2.12 bits per heavy atom. The van der Waals surface area contributed by atoms with Crippen LogP contribution in [0.4, 0.5) is 0 Å². The quantitative estimate of drug-likeness (QED) is 0.394. The van der Waals surface area contributed by atoms with E-state index in [1.54, 1.807) is 45.9 Å². The number of carbonyl (C=O) groups excluding carboxylic acids is 3. The van der Waals surface area contributed by atoms with Crippen LogP contribution in [0.25, 0.3) is 0 Å². The van der Waals surface area contributed by atoms with Crippen molar-refractivity contribution < 1.29 is 14.4 Å². The van der Waals surface area contributed by atoms with E-state index in [2.05, 4.69) is 0 Å². The molecule has 0 spiro atoms. The van der Waals surface area contributed by atoms with Crippen molar-refractivity contribution in [3.63, 3.8) is 0 Å². The van der Waals surface area contributed by atoms with Gasteiger partial charge in [-0.3, -0.25) is 14.4 Å². The zero-order chi connectivity index (χ0) is 20.3. The summed E-state index contributed by atoms with van der Waals surface area (Å²) in [6.45, 7) is 10.8. The van der Waals surface area contributed by atoms with Gasteiger partial charge in [-0.1, -0.05) is 45.9 Å². The fourth-order valence-corrected chi connectivity index (χ4v) is 2.45. The highest BCUT2D eigenvalue weighted by Crippen LogP contribution is 2.19. The van der Waals surface area contributed by atoms with Gasteiger partial charge in [-0.05, 0) is 44.8 Å². The fourth-order valence-electron chi connectivity index (χ4n) is 2.45. The third-order valence-corrected chi connectivity index (χ3v) is 4.36. The Hall–Kier alpha value is -2.28. The summed E-state index contributed by atoms with van der Waals surface area (Å²) in [6.07, 6.45) is 8.17. The smallest absolute Gasteiger partial charge is 0.175 e. The summed E-state index contributed by atoms with van der Waals surface area (Å²) in [5.74, 6) is -0.819. The van der Waals surface area contributed by atoms with Crippen LogP contribution in [0.5, 0.6) is 0 Å². The Kier molecular flexibility index (Phi) is 11.1. The molecule has 0 radical (unpaired) electrons. The Labute approximate surface area is 157 Å². The van der Waals surface area contributed by atoms with Crippen molar-refractivity contribution in [3.05, 3.63) is 35.5 Å². The minimum atomic E-state index is -0.267. The van der Waals surface area contributed by atoms with Crippen molar-refractivity contribution in [1.29, 1.82) is 5.26 Å². The fraction of sp³-hybridized carbons (Fsp3) is 0.545. The predicted molar refractivity (Wildman–Crippen MR) is 104 cm³/mol. The maximum absolute atomic E-state index is 12.6. The van der Waals surface area contributed by atoms with E-state index in [0.717, 1.165) is 0 Å². The number of hydrogen-bond donors (Lipinski definition) is 0. The number of allylic oxidation sites excluding steroid dienone is 6. The van der Waals surface area contributed by atoms with Crippen molar-refractivity contribution in [2.24, 2.45) is 17.8 Å². The summed E-state index contributed by atoms with van der Waals surface area (Å²) >= 11 is 0. The van der Waals surface area contributed by atoms with Crippen molar-refractivity contribution in [1.82, 2.24) is 0 Å². The van der Waals surface area contributed by atoms with Gasteiger partial charge in [-0.25, -0.2) is 0 Å². The standard InChI is InChI=1S/C22H31NO3/c1-7-9-20(24)16(5)10-11-17(6)22(26)18(8-2)12-13-19(14-23)21(25)15(3)4/h7,9,11,13,15-16,18H,8,10,12H2,1-6H3/b9-7+,17-11+,19-13+.